The number of rotatable bonds is 3. The standard InChI is InChI=1S/C19H24N4O3/c1-21(2)11-13-10-20-23-8-7-22(12-15(13)23)19(25)18-9-16(24)14-5-3-4-6-17(14)26-18/h3-6,10,16,18,24H,7-9,11-12H2,1-2H3/t16-,18-/m0/s1. The summed E-state index contributed by atoms with van der Waals surface area (Å²) in [6.45, 7) is 2.61. The van der Waals surface area contributed by atoms with Gasteiger partial charge in [0.15, 0.2) is 6.10 Å². The monoisotopic (exact) mass is 356 g/mol. The second-order valence-corrected chi connectivity index (χ2v) is 7.23. The molecule has 1 N–H and O–H groups in total. The molecule has 4 rings (SSSR count). The summed E-state index contributed by atoms with van der Waals surface area (Å²) in [5.74, 6) is 0.529. The van der Waals surface area contributed by atoms with Crippen molar-refractivity contribution in [3.05, 3.63) is 47.3 Å². The summed E-state index contributed by atoms with van der Waals surface area (Å²) in [4.78, 5) is 16.9. The van der Waals surface area contributed by atoms with Crippen LogP contribution in [0.5, 0.6) is 5.75 Å². The van der Waals surface area contributed by atoms with Crippen molar-refractivity contribution >= 4 is 5.91 Å². The molecule has 7 heteroatoms. The Morgan fingerprint density at radius 3 is 2.96 bits per heavy atom. The molecule has 138 valence electrons. The number of nitrogens with zero attached hydrogens (tertiary/aromatic N) is 4. The van der Waals surface area contributed by atoms with Crippen molar-refractivity contribution in [2.45, 2.75) is 38.3 Å². The molecular weight excluding hydrogens is 332 g/mol. The molecule has 2 aliphatic heterocycles. The van der Waals surface area contributed by atoms with Crippen LogP contribution in [0.2, 0.25) is 0 Å². The third kappa shape index (κ3) is 3.08. The molecular formula is C19H24N4O3. The molecule has 0 fully saturated rings. The Bertz CT molecular complexity index is 817. The van der Waals surface area contributed by atoms with E-state index in [1.807, 2.05) is 48.1 Å². The maximum Gasteiger partial charge on any atom is 0.264 e. The van der Waals surface area contributed by atoms with Gasteiger partial charge in [0.05, 0.1) is 31.1 Å². The highest BCUT2D eigenvalue weighted by molar-refractivity contribution is 5.82. The molecule has 1 aromatic heterocycles. The first kappa shape index (κ1) is 17.1. The van der Waals surface area contributed by atoms with Gasteiger partial charge in [0.2, 0.25) is 0 Å². The van der Waals surface area contributed by atoms with Gasteiger partial charge in [-0.1, -0.05) is 18.2 Å². The van der Waals surface area contributed by atoms with Gasteiger partial charge in [-0.05, 0) is 20.2 Å². The summed E-state index contributed by atoms with van der Waals surface area (Å²) >= 11 is 0. The number of carbonyl (C=O) groups excluding carboxylic acids is 1. The topological polar surface area (TPSA) is 70.8 Å². The molecule has 1 amide bonds. The number of aliphatic hydroxyl groups excluding tert-OH is 1. The van der Waals surface area contributed by atoms with Crippen molar-refractivity contribution in [3.8, 4) is 5.75 Å². The molecule has 0 bridgehead atoms. The van der Waals surface area contributed by atoms with E-state index in [0.717, 1.165) is 23.4 Å². The van der Waals surface area contributed by atoms with E-state index in [2.05, 4.69) is 10.00 Å². The normalized spacial score (nSPS) is 21.9. The van der Waals surface area contributed by atoms with Gasteiger partial charge in [-0.15, -0.1) is 0 Å². The van der Waals surface area contributed by atoms with Crippen molar-refractivity contribution < 1.29 is 14.6 Å². The van der Waals surface area contributed by atoms with Crippen LogP contribution >= 0.6 is 0 Å². The van der Waals surface area contributed by atoms with Crippen molar-refractivity contribution in [1.29, 1.82) is 0 Å². The third-order valence-electron chi connectivity index (χ3n) is 5.02. The van der Waals surface area contributed by atoms with Crippen LogP contribution in [0.25, 0.3) is 0 Å². The predicted molar refractivity (Wildman–Crippen MR) is 95.5 cm³/mol. The number of aromatic nitrogens is 2. The predicted octanol–water partition coefficient (Wildman–Crippen LogP) is 1.17. The zero-order valence-electron chi connectivity index (χ0n) is 15.1. The SMILES string of the molecule is CN(C)Cc1cnn2c1CN(C(=O)[C@@H]1C[C@H](O)c3ccccc3O1)CC2. The summed E-state index contributed by atoms with van der Waals surface area (Å²) in [6, 6.07) is 7.36. The molecule has 0 radical (unpaired) electrons. The van der Waals surface area contributed by atoms with Crippen LogP contribution in [0.4, 0.5) is 0 Å². The number of para-hydroxylation sites is 1. The molecule has 0 aliphatic carbocycles. The average molecular weight is 356 g/mol. The maximum absolute atomic E-state index is 13.0. The number of aliphatic hydroxyl groups is 1. The Balaban J connectivity index is 1.51. The fraction of sp³-hybridized carbons (Fsp3) is 0.474. The number of ether oxygens (including phenoxy) is 1. The Labute approximate surface area is 152 Å². The number of hydrogen-bond donors (Lipinski definition) is 1. The lowest BCUT2D eigenvalue weighted by molar-refractivity contribution is -0.142. The van der Waals surface area contributed by atoms with E-state index in [1.165, 1.54) is 0 Å². The van der Waals surface area contributed by atoms with Gasteiger partial charge in [-0.25, -0.2) is 0 Å². The van der Waals surface area contributed by atoms with Crippen LogP contribution in [-0.2, 0) is 24.4 Å². The van der Waals surface area contributed by atoms with E-state index in [1.54, 1.807) is 6.07 Å². The van der Waals surface area contributed by atoms with Crippen LogP contribution in [-0.4, -0.2) is 57.3 Å². The first-order valence-corrected chi connectivity index (χ1v) is 8.93. The van der Waals surface area contributed by atoms with Gasteiger partial charge in [0.25, 0.3) is 5.91 Å². The minimum Gasteiger partial charge on any atom is -0.480 e. The first-order chi connectivity index (χ1) is 12.5. The third-order valence-corrected chi connectivity index (χ3v) is 5.02. The minimum absolute atomic E-state index is 0.0678. The molecule has 2 atom stereocenters. The highest BCUT2D eigenvalue weighted by Crippen LogP contribution is 2.35. The molecule has 0 saturated carbocycles. The summed E-state index contributed by atoms with van der Waals surface area (Å²) in [6.07, 6.45) is 0.858. The van der Waals surface area contributed by atoms with E-state index in [9.17, 15) is 9.90 Å². The quantitative estimate of drug-likeness (QED) is 0.894. The van der Waals surface area contributed by atoms with Crippen molar-refractivity contribution in [3.63, 3.8) is 0 Å². The summed E-state index contributed by atoms with van der Waals surface area (Å²) < 4.78 is 7.88. The second kappa shape index (κ2) is 6.74. The van der Waals surface area contributed by atoms with Crippen LogP contribution in [0.1, 0.15) is 29.3 Å². The Morgan fingerprint density at radius 2 is 2.15 bits per heavy atom. The van der Waals surface area contributed by atoms with E-state index in [4.69, 9.17) is 4.74 Å². The van der Waals surface area contributed by atoms with Crippen LogP contribution in [0.15, 0.2) is 30.5 Å². The smallest absolute Gasteiger partial charge is 0.264 e. The fourth-order valence-corrected chi connectivity index (χ4v) is 3.71. The lowest BCUT2D eigenvalue weighted by Gasteiger charge is -2.34. The Hall–Kier alpha value is -2.38. The van der Waals surface area contributed by atoms with Crippen LogP contribution in [0.3, 0.4) is 0 Å². The summed E-state index contributed by atoms with van der Waals surface area (Å²) in [7, 11) is 4.04. The van der Waals surface area contributed by atoms with Gasteiger partial charge in [-0.3, -0.25) is 9.48 Å². The van der Waals surface area contributed by atoms with Crippen LogP contribution in [0, 0.1) is 0 Å². The van der Waals surface area contributed by atoms with Crippen molar-refractivity contribution in [2.24, 2.45) is 0 Å². The lowest BCUT2D eigenvalue weighted by atomic mass is 9.98. The van der Waals surface area contributed by atoms with Gasteiger partial charge in [0, 0.05) is 30.6 Å². The zero-order chi connectivity index (χ0) is 18.3. The largest absolute Gasteiger partial charge is 0.480 e. The maximum atomic E-state index is 13.0. The molecule has 0 saturated heterocycles. The van der Waals surface area contributed by atoms with E-state index < -0.39 is 12.2 Å². The number of hydrogen-bond acceptors (Lipinski definition) is 5. The number of benzene rings is 1. The Morgan fingerprint density at radius 1 is 1.35 bits per heavy atom. The first-order valence-electron chi connectivity index (χ1n) is 8.93. The van der Waals surface area contributed by atoms with Gasteiger partial charge >= 0.3 is 0 Å². The second-order valence-electron chi connectivity index (χ2n) is 7.23. The molecule has 0 unspecified atom stereocenters. The van der Waals surface area contributed by atoms with E-state index in [0.29, 0.717) is 25.4 Å². The summed E-state index contributed by atoms with van der Waals surface area (Å²) in [5, 5.41) is 14.8. The molecule has 2 aromatic rings. The van der Waals surface area contributed by atoms with Gasteiger partial charge in [0.1, 0.15) is 5.75 Å². The average Bonchev–Trinajstić information content (AvgIpc) is 3.02. The molecule has 1 aromatic carbocycles. The lowest BCUT2D eigenvalue weighted by Crippen LogP contribution is -2.47. The van der Waals surface area contributed by atoms with E-state index in [-0.39, 0.29) is 12.3 Å². The highest BCUT2D eigenvalue weighted by Gasteiger charge is 2.35. The molecule has 0 spiro atoms. The molecule has 3 heterocycles. The summed E-state index contributed by atoms with van der Waals surface area (Å²) in [5.41, 5.74) is 2.97. The molecule has 7 nitrogen and oxygen atoms in total. The van der Waals surface area contributed by atoms with Crippen molar-refractivity contribution in [1.82, 2.24) is 19.6 Å². The zero-order valence-corrected chi connectivity index (χ0v) is 15.1. The van der Waals surface area contributed by atoms with Gasteiger partial charge in [-0.2, -0.15) is 5.10 Å². The minimum atomic E-state index is -0.673. The van der Waals surface area contributed by atoms with Crippen molar-refractivity contribution in [2.75, 3.05) is 20.6 Å². The highest BCUT2D eigenvalue weighted by atomic mass is 16.5. The Kier molecular flexibility index (Phi) is 4.42. The van der Waals surface area contributed by atoms with Gasteiger partial charge < -0.3 is 19.6 Å². The number of amides is 1. The number of carbonyl (C=O) groups is 1. The fourth-order valence-electron chi connectivity index (χ4n) is 3.71. The van der Waals surface area contributed by atoms with Crippen LogP contribution < -0.4 is 4.74 Å². The van der Waals surface area contributed by atoms with E-state index >= 15 is 0 Å². The molecule has 2 aliphatic rings. The molecule has 26 heavy (non-hydrogen) atoms. The number of fused-ring (bicyclic) bond motifs is 2.